The normalized spacial score (nSPS) is 12.7. The molecule has 16 heavy (non-hydrogen) atoms. The van der Waals surface area contributed by atoms with Crippen LogP contribution in [-0.2, 0) is 6.42 Å². The summed E-state index contributed by atoms with van der Waals surface area (Å²) < 4.78 is 0. The number of aryl methyl sites for hydroxylation is 1. The summed E-state index contributed by atoms with van der Waals surface area (Å²) in [6, 6.07) is 8.74. The first-order chi connectivity index (χ1) is 7.77. The summed E-state index contributed by atoms with van der Waals surface area (Å²) in [6.07, 6.45) is 3.69. The van der Waals surface area contributed by atoms with E-state index in [0.29, 0.717) is 0 Å². The van der Waals surface area contributed by atoms with Gasteiger partial charge >= 0.3 is 0 Å². The molecule has 90 valence electrons. The van der Waals surface area contributed by atoms with E-state index in [1.165, 1.54) is 30.4 Å². The van der Waals surface area contributed by atoms with Crippen molar-refractivity contribution in [3.8, 4) is 0 Å². The molecule has 1 nitrogen and oxygen atoms in total. The van der Waals surface area contributed by atoms with Crippen LogP contribution in [0.2, 0.25) is 0 Å². The summed E-state index contributed by atoms with van der Waals surface area (Å²) in [5.74, 6) is 0.771. The molecule has 0 amide bonds. The third-order valence-electron chi connectivity index (χ3n) is 3.21. The minimum atomic E-state index is 0.771. The molecule has 1 aromatic carbocycles. The maximum Gasteiger partial charge on any atom is -0.00174 e. The Morgan fingerprint density at radius 2 is 1.94 bits per heavy atom. The fraction of sp³-hybridized carbons (Fsp3) is 0.600. The molecule has 0 aromatic heterocycles. The molecule has 0 bridgehead atoms. The number of hydrogen-bond donors (Lipinski definition) is 1. The Hall–Kier alpha value is -0.820. The van der Waals surface area contributed by atoms with Crippen molar-refractivity contribution in [3.05, 3.63) is 35.4 Å². The van der Waals surface area contributed by atoms with Crippen LogP contribution in [0.1, 0.15) is 37.8 Å². The lowest BCUT2D eigenvalue weighted by molar-refractivity contribution is 0.460. The van der Waals surface area contributed by atoms with Crippen molar-refractivity contribution in [3.63, 3.8) is 0 Å². The van der Waals surface area contributed by atoms with Gasteiger partial charge in [-0.2, -0.15) is 0 Å². The van der Waals surface area contributed by atoms with E-state index in [9.17, 15) is 0 Å². The van der Waals surface area contributed by atoms with E-state index < -0.39 is 0 Å². The molecule has 0 saturated heterocycles. The predicted octanol–water partition coefficient (Wildman–Crippen LogP) is 3.56. The van der Waals surface area contributed by atoms with Gasteiger partial charge in [0, 0.05) is 0 Å². The van der Waals surface area contributed by atoms with E-state index >= 15 is 0 Å². The van der Waals surface area contributed by atoms with Crippen LogP contribution in [0.15, 0.2) is 24.3 Å². The minimum absolute atomic E-state index is 0.771. The maximum atomic E-state index is 3.53. The van der Waals surface area contributed by atoms with Crippen molar-refractivity contribution in [1.29, 1.82) is 0 Å². The zero-order valence-corrected chi connectivity index (χ0v) is 10.9. The van der Waals surface area contributed by atoms with Crippen LogP contribution in [0.5, 0.6) is 0 Å². The fourth-order valence-corrected chi connectivity index (χ4v) is 1.99. The van der Waals surface area contributed by atoms with E-state index in [1.54, 1.807) is 0 Å². The summed E-state index contributed by atoms with van der Waals surface area (Å²) >= 11 is 0. The van der Waals surface area contributed by atoms with Gasteiger partial charge in [-0.25, -0.2) is 0 Å². The van der Waals surface area contributed by atoms with E-state index in [0.717, 1.165) is 19.0 Å². The summed E-state index contributed by atoms with van der Waals surface area (Å²) in [5, 5.41) is 3.53. The van der Waals surface area contributed by atoms with E-state index in [4.69, 9.17) is 0 Å². The van der Waals surface area contributed by atoms with Crippen LogP contribution in [0.4, 0.5) is 0 Å². The first kappa shape index (κ1) is 13.2. The van der Waals surface area contributed by atoms with Gasteiger partial charge in [0.15, 0.2) is 0 Å². The van der Waals surface area contributed by atoms with Crippen LogP contribution in [-0.4, -0.2) is 13.1 Å². The van der Waals surface area contributed by atoms with Crippen molar-refractivity contribution in [2.75, 3.05) is 13.1 Å². The molecule has 1 atom stereocenters. The van der Waals surface area contributed by atoms with E-state index in [2.05, 4.69) is 50.4 Å². The van der Waals surface area contributed by atoms with Crippen molar-refractivity contribution in [2.45, 2.75) is 40.0 Å². The fourth-order valence-electron chi connectivity index (χ4n) is 1.99. The SMILES string of the molecule is CCCNCC(CC)Cc1ccccc1C. The highest BCUT2D eigenvalue weighted by atomic mass is 14.8. The molecule has 0 fully saturated rings. The average Bonchev–Trinajstić information content (AvgIpc) is 2.30. The summed E-state index contributed by atoms with van der Waals surface area (Å²) in [6.45, 7) is 9.01. The van der Waals surface area contributed by atoms with Crippen molar-refractivity contribution < 1.29 is 0 Å². The smallest absolute Gasteiger partial charge is 0.00174 e. The molecule has 1 aromatic rings. The zero-order chi connectivity index (χ0) is 11.8. The zero-order valence-electron chi connectivity index (χ0n) is 10.9. The van der Waals surface area contributed by atoms with Gasteiger partial charge in [-0.05, 0) is 49.9 Å². The van der Waals surface area contributed by atoms with Crippen molar-refractivity contribution in [1.82, 2.24) is 5.32 Å². The summed E-state index contributed by atoms with van der Waals surface area (Å²) in [4.78, 5) is 0. The van der Waals surface area contributed by atoms with Crippen LogP contribution >= 0.6 is 0 Å². The third-order valence-corrected chi connectivity index (χ3v) is 3.21. The third kappa shape index (κ3) is 4.36. The standard InChI is InChI=1S/C15H25N/c1-4-10-16-12-14(5-2)11-15-9-7-6-8-13(15)3/h6-9,14,16H,4-5,10-12H2,1-3H3. The Morgan fingerprint density at radius 1 is 1.19 bits per heavy atom. The molecule has 0 spiro atoms. The second kappa shape index (κ2) is 7.45. The predicted molar refractivity (Wildman–Crippen MR) is 71.8 cm³/mol. The van der Waals surface area contributed by atoms with Crippen LogP contribution < -0.4 is 5.32 Å². The second-order valence-electron chi connectivity index (χ2n) is 4.61. The summed E-state index contributed by atoms with van der Waals surface area (Å²) in [7, 11) is 0. The van der Waals surface area contributed by atoms with Crippen LogP contribution in [0, 0.1) is 12.8 Å². The van der Waals surface area contributed by atoms with Gasteiger partial charge < -0.3 is 5.32 Å². The highest BCUT2D eigenvalue weighted by Crippen LogP contribution is 2.15. The molecular formula is C15H25N. The molecule has 0 heterocycles. The highest BCUT2D eigenvalue weighted by Gasteiger charge is 2.08. The van der Waals surface area contributed by atoms with Gasteiger partial charge in [0.25, 0.3) is 0 Å². The van der Waals surface area contributed by atoms with Gasteiger partial charge in [-0.1, -0.05) is 44.5 Å². The molecule has 0 aliphatic heterocycles. The first-order valence-electron chi connectivity index (χ1n) is 6.53. The van der Waals surface area contributed by atoms with Gasteiger partial charge in [-0.3, -0.25) is 0 Å². The summed E-state index contributed by atoms with van der Waals surface area (Å²) in [5.41, 5.74) is 2.93. The second-order valence-corrected chi connectivity index (χ2v) is 4.61. The van der Waals surface area contributed by atoms with Crippen LogP contribution in [0.25, 0.3) is 0 Å². The maximum absolute atomic E-state index is 3.53. The highest BCUT2D eigenvalue weighted by molar-refractivity contribution is 5.25. The van der Waals surface area contributed by atoms with Crippen molar-refractivity contribution in [2.24, 2.45) is 5.92 Å². The Balaban J connectivity index is 2.46. The topological polar surface area (TPSA) is 12.0 Å². The van der Waals surface area contributed by atoms with Gasteiger partial charge in [-0.15, -0.1) is 0 Å². The molecule has 0 aliphatic rings. The van der Waals surface area contributed by atoms with E-state index in [-0.39, 0.29) is 0 Å². The lowest BCUT2D eigenvalue weighted by atomic mass is 9.94. The molecule has 1 heteroatoms. The van der Waals surface area contributed by atoms with Crippen LogP contribution in [0.3, 0.4) is 0 Å². The quantitative estimate of drug-likeness (QED) is 0.691. The Morgan fingerprint density at radius 3 is 2.56 bits per heavy atom. The first-order valence-corrected chi connectivity index (χ1v) is 6.53. The molecule has 1 unspecified atom stereocenters. The molecule has 1 N–H and O–H groups in total. The number of benzene rings is 1. The average molecular weight is 219 g/mol. The number of hydrogen-bond acceptors (Lipinski definition) is 1. The Kier molecular flexibility index (Phi) is 6.17. The lowest BCUT2D eigenvalue weighted by Gasteiger charge is -2.16. The molecular weight excluding hydrogens is 194 g/mol. The number of nitrogens with one attached hydrogen (secondary N) is 1. The Bertz CT molecular complexity index is 293. The molecule has 0 radical (unpaired) electrons. The van der Waals surface area contributed by atoms with Gasteiger partial charge in [0.2, 0.25) is 0 Å². The Labute approximate surface area is 100 Å². The molecule has 1 rings (SSSR count). The van der Waals surface area contributed by atoms with Gasteiger partial charge in [0.05, 0.1) is 0 Å². The van der Waals surface area contributed by atoms with E-state index in [1.807, 2.05) is 0 Å². The molecule has 0 aliphatic carbocycles. The lowest BCUT2D eigenvalue weighted by Crippen LogP contribution is -2.24. The minimum Gasteiger partial charge on any atom is -0.316 e. The van der Waals surface area contributed by atoms with Crippen molar-refractivity contribution >= 4 is 0 Å². The number of rotatable bonds is 7. The monoisotopic (exact) mass is 219 g/mol. The largest absolute Gasteiger partial charge is 0.316 e. The van der Waals surface area contributed by atoms with Gasteiger partial charge in [0.1, 0.15) is 0 Å². The molecule has 0 saturated carbocycles.